The first-order valence-corrected chi connectivity index (χ1v) is 8.08. The van der Waals surface area contributed by atoms with Crippen molar-refractivity contribution in [3.63, 3.8) is 0 Å². The highest BCUT2D eigenvalue weighted by Gasteiger charge is 2.10. The van der Waals surface area contributed by atoms with Crippen molar-refractivity contribution in [2.75, 3.05) is 17.6 Å². The molecule has 8 nitrogen and oxygen atoms in total. The van der Waals surface area contributed by atoms with Gasteiger partial charge < -0.3 is 5.32 Å². The van der Waals surface area contributed by atoms with Gasteiger partial charge in [0, 0.05) is 12.3 Å². The molecule has 3 rings (SSSR count). The van der Waals surface area contributed by atoms with Crippen molar-refractivity contribution in [2.45, 2.75) is 31.8 Å². The lowest BCUT2D eigenvalue weighted by molar-refractivity contribution is 0.762. The molecule has 0 fully saturated rings. The van der Waals surface area contributed by atoms with Gasteiger partial charge in [-0.3, -0.25) is 5.10 Å². The summed E-state index contributed by atoms with van der Waals surface area (Å²) in [5.74, 6) is 2.03. The fraction of sp³-hybridized carbons (Fsp3) is 0.462. The molecule has 0 saturated heterocycles. The first-order chi connectivity index (χ1) is 10.6. The molecular formula is C13H18N8S. The van der Waals surface area contributed by atoms with E-state index in [-0.39, 0.29) is 0 Å². The minimum Gasteiger partial charge on any atom is -0.381 e. The Hall–Kier alpha value is -2.16. The van der Waals surface area contributed by atoms with E-state index in [0.717, 1.165) is 40.3 Å². The quantitative estimate of drug-likeness (QED) is 0.529. The molecular weight excluding hydrogens is 300 g/mol. The third kappa shape index (κ3) is 3.19. The molecule has 0 atom stereocenters. The fourth-order valence-electron chi connectivity index (χ4n) is 1.97. The van der Waals surface area contributed by atoms with Crippen LogP contribution in [0.25, 0.3) is 5.65 Å². The van der Waals surface area contributed by atoms with Crippen molar-refractivity contribution in [3.8, 4) is 0 Å². The number of fused-ring (bicyclic) bond motifs is 1. The molecule has 22 heavy (non-hydrogen) atoms. The van der Waals surface area contributed by atoms with Gasteiger partial charge in [0.15, 0.2) is 0 Å². The van der Waals surface area contributed by atoms with Crippen molar-refractivity contribution >= 4 is 23.1 Å². The topological polar surface area (TPSA) is 96.7 Å². The number of thioether (sulfide) groups is 1. The van der Waals surface area contributed by atoms with Crippen molar-refractivity contribution in [1.82, 2.24) is 35.0 Å². The molecule has 0 aromatic carbocycles. The lowest BCUT2D eigenvalue weighted by Gasteiger charge is -2.10. The zero-order valence-corrected chi connectivity index (χ0v) is 13.6. The van der Waals surface area contributed by atoms with Gasteiger partial charge in [-0.2, -0.15) is 9.61 Å². The standard InChI is InChI=1S/C13H18N8S/c1-8(2)10-6-11(12-18-15-7-21(12)20-10)14-4-5-22-13-16-9(3)17-19-13/h6-8,14H,4-5H2,1-3H3,(H,16,17,19). The van der Waals surface area contributed by atoms with E-state index in [1.54, 1.807) is 22.6 Å². The van der Waals surface area contributed by atoms with Crippen molar-refractivity contribution in [1.29, 1.82) is 0 Å². The Morgan fingerprint density at radius 2 is 2.27 bits per heavy atom. The fourth-order valence-corrected chi connectivity index (χ4v) is 2.67. The summed E-state index contributed by atoms with van der Waals surface area (Å²) < 4.78 is 1.71. The van der Waals surface area contributed by atoms with Gasteiger partial charge in [-0.05, 0) is 18.9 Å². The molecule has 0 amide bonds. The smallest absolute Gasteiger partial charge is 0.208 e. The lowest BCUT2D eigenvalue weighted by Crippen LogP contribution is -2.09. The Morgan fingerprint density at radius 1 is 1.41 bits per heavy atom. The third-order valence-electron chi connectivity index (χ3n) is 3.10. The molecule has 0 aliphatic carbocycles. The molecule has 3 aromatic heterocycles. The maximum Gasteiger partial charge on any atom is 0.208 e. The lowest BCUT2D eigenvalue weighted by atomic mass is 10.1. The molecule has 0 unspecified atom stereocenters. The summed E-state index contributed by atoms with van der Waals surface area (Å²) >= 11 is 1.60. The second kappa shape index (κ2) is 6.30. The largest absolute Gasteiger partial charge is 0.381 e. The average Bonchev–Trinajstić information content (AvgIpc) is 3.11. The van der Waals surface area contributed by atoms with Crippen LogP contribution < -0.4 is 5.32 Å². The predicted molar refractivity (Wildman–Crippen MR) is 85.2 cm³/mol. The van der Waals surface area contributed by atoms with Gasteiger partial charge in [0.25, 0.3) is 0 Å². The number of aryl methyl sites for hydroxylation is 1. The second-order valence-corrected chi connectivity index (χ2v) is 6.28. The van der Waals surface area contributed by atoms with Crippen LogP contribution in [0.4, 0.5) is 5.69 Å². The summed E-state index contributed by atoms with van der Waals surface area (Å²) in [6.07, 6.45) is 1.62. The maximum absolute atomic E-state index is 4.50. The van der Waals surface area contributed by atoms with Crippen LogP contribution in [0.2, 0.25) is 0 Å². The predicted octanol–water partition coefficient (Wildman–Crippen LogP) is 1.88. The van der Waals surface area contributed by atoms with E-state index in [4.69, 9.17) is 0 Å². The van der Waals surface area contributed by atoms with Gasteiger partial charge in [0.05, 0.1) is 11.4 Å². The summed E-state index contributed by atoms with van der Waals surface area (Å²) in [6, 6.07) is 2.04. The Labute approximate surface area is 132 Å². The van der Waals surface area contributed by atoms with E-state index in [1.165, 1.54) is 0 Å². The number of H-pyrrole nitrogens is 1. The maximum atomic E-state index is 4.50. The highest BCUT2D eigenvalue weighted by molar-refractivity contribution is 7.99. The number of nitrogens with zero attached hydrogens (tertiary/aromatic N) is 6. The van der Waals surface area contributed by atoms with E-state index in [1.807, 2.05) is 13.0 Å². The monoisotopic (exact) mass is 318 g/mol. The first-order valence-electron chi connectivity index (χ1n) is 7.10. The molecule has 0 bridgehead atoms. The van der Waals surface area contributed by atoms with Crippen LogP contribution in [0.1, 0.15) is 31.3 Å². The summed E-state index contributed by atoms with van der Waals surface area (Å²) in [4.78, 5) is 4.27. The van der Waals surface area contributed by atoms with Gasteiger partial charge >= 0.3 is 0 Å². The Morgan fingerprint density at radius 3 is 3.00 bits per heavy atom. The minimum atomic E-state index is 0.345. The normalized spacial score (nSPS) is 11.5. The third-order valence-corrected chi connectivity index (χ3v) is 3.95. The van der Waals surface area contributed by atoms with Gasteiger partial charge in [-0.25, -0.2) is 4.98 Å². The molecule has 116 valence electrons. The summed E-state index contributed by atoms with van der Waals surface area (Å²) in [5.41, 5.74) is 2.69. The van der Waals surface area contributed by atoms with E-state index in [2.05, 4.69) is 49.6 Å². The van der Waals surface area contributed by atoms with Crippen LogP contribution in [0.15, 0.2) is 17.6 Å². The molecule has 3 heterocycles. The minimum absolute atomic E-state index is 0.345. The molecule has 2 N–H and O–H groups in total. The molecule has 0 saturated carbocycles. The van der Waals surface area contributed by atoms with Crippen LogP contribution in [0.3, 0.4) is 0 Å². The van der Waals surface area contributed by atoms with E-state index < -0.39 is 0 Å². The van der Waals surface area contributed by atoms with E-state index in [0.29, 0.717) is 5.92 Å². The average molecular weight is 318 g/mol. The number of rotatable bonds is 6. The molecule has 0 radical (unpaired) electrons. The summed E-state index contributed by atoms with van der Waals surface area (Å²) in [7, 11) is 0. The molecule has 9 heteroatoms. The number of aromatic nitrogens is 7. The highest BCUT2D eigenvalue weighted by atomic mass is 32.2. The van der Waals surface area contributed by atoms with E-state index >= 15 is 0 Å². The van der Waals surface area contributed by atoms with Gasteiger partial charge in [-0.15, -0.1) is 15.3 Å². The second-order valence-electron chi connectivity index (χ2n) is 5.22. The summed E-state index contributed by atoms with van der Waals surface area (Å²) in [6.45, 7) is 6.90. The molecule has 0 aliphatic heterocycles. The molecule has 0 spiro atoms. The van der Waals surface area contributed by atoms with Crippen molar-refractivity contribution < 1.29 is 0 Å². The Bertz CT molecular complexity index is 762. The van der Waals surface area contributed by atoms with Crippen molar-refractivity contribution in [3.05, 3.63) is 23.9 Å². The van der Waals surface area contributed by atoms with Crippen LogP contribution in [-0.2, 0) is 0 Å². The van der Waals surface area contributed by atoms with Crippen LogP contribution in [-0.4, -0.2) is 47.3 Å². The van der Waals surface area contributed by atoms with Gasteiger partial charge in [0.1, 0.15) is 12.2 Å². The molecule has 3 aromatic rings. The van der Waals surface area contributed by atoms with Crippen LogP contribution in [0.5, 0.6) is 0 Å². The number of nitrogens with one attached hydrogen (secondary N) is 2. The number of aromatic amines is 1. The highest BCUT2D eigenvalue weighted by Crippen LogP contribution is 2.20. The van der Waals surface area contributed by atoms with E-state index in [9.17, 15) is 0 Å². The Balaban J connectivity index is 1.66. The zero-order chi connectivity index (χ0) is 15.5. The Kier molecular flexibility index (Phi) is 4.23. The number of anilines is 1. The van der Waals surface area contributed by atoms with Gasteiger partial charge in [0.2, 0.25) is 10.8 Å². The van der Waals surface area contributed by atoms with Crippen molar-refractivity contribution in [2.24, 2.45) is 0 Å². The van der Waals surface area contributed by atoms with Crippen LogP contribution >= 0.6 is 11.8 Å². The molecule has 0 aliphatic rings. The zero-order valence-electron chi connectivity index (χ0n) is 12.7. The van der Waals surface area contributed by atoms with Crippen LogP contribution in [0, 0.1) is 6.92 Å². The SMILES string of the molecule is Cc1nc(SCCNc2cc(C(C)C)nn3cnnc23)n[nH]1. The first kappa shape index (κ1) is 14.8. The van der Waals surface area contributed by atoms with Gasteiger partial charge in [-0.1, -0.05) is 25.6 Å². The number of hydrogen-bond donors (Lipinski definition) is 2. The summed E-state index contributed by atoms with van der Waals surface area (Å²) in [5, 5.41) is 23.6. The number of hydrogen-bond acceptors (Lipinski definition) is 7.